The Labute approximate surface area is 255 Å². The zero-order valence-electron chi connectivity index (χ0n) is 25.1. The highest BCUT2D eigenvalue weighted by atomic mass is 19.1. The number of benzene rings is 3. The second-order valence-corrected chi connectivity index (χ2v) is 11.6. The number of nitrogens with zero attached hydrogens (tertiary/aromatic N) is 4. The minimum absolute atomic E-state index is 0.314. The summed E-state index contributed by atoms with van der Waals surface area (Å²) in [6, 6.07) is 26.3. The van der Waals surface area contributed by atoms with Gasteiger partial charge in [0.15, 0.2) is 0 Å². The van der Waals surface area contributed by atoms with Crippen LogP contribution in [0, 0.1) is 13.8 Å². The number of aryl methyl sites for hydroxylation is 2. The topological polar surface area (TPSA) is 44.9 Å². The summed E-state index contributed by atoms with van der Waals surface area (Å²) in [5.74, 6) is 0.876. The number of halogens is 2. The molecule has 44 heavy (non-hydrogen) atoms. The van der Waals surface area contributed by atoms with Crippen LogP contribution in [0.4, 0.5) is 8.78 Å². The van der Waals surface area contributed by atoms with Crippen molar-refractivity contribution in [1.82, 2.24) is 19.3 Å². The third-order valence-corrected chi connectivity index (χ3v) is 8.62. The lowest BCUT2D eigenvalue weighted by Gasteiger charge is -2.24. The Balaban J connectivity index is 1.26. The number of rotatable bonds is 7. The molecule has 6 aromatic rings. The van der Waals surface area contributed by atoms with Gasteiger partial charge in [0.1, 0.15) is 29.3 Å². The maximum absolute atomic E-state index is 14.9. The Morgan fingerprint density at radius 2 is 1.73 bits per heavy atom. The van der Waals surface area contributed by atoms with Gasteiger partial charge >= 0.3 is 0 Å². The molecule has 0 N–H and O–H groups in total. The van der Waals surface area contributed by atoms with Crippen molar-refractivity contribution in [3.05, 3.63) is 119 Å². The van der Waals surface area contributed by atoms with E-state index in [2.05, 4.69) is 54.0 Å². The fourth-order valence-corrected chi connectivity index (χ4v) is 6.62. The highest BCUT2D eigenvalue weighted by Gasteiger charge is 2.34. The van der Waals surface area contributed by atoms with Crippen molar-refractivity contribution in [3.8, 4) is 23.0 Å². The van der Waals surface area contributed by atoms with Gasteiger partial charge in [0.25, 0.3) is 0 Å². The molecule has 0 spiro atoms. The van der Waals surface area contributed by atoms with Crippen LogP contribution in [0.3, 0.4) is 0 Å². The third kappa shape index (κ3) is 4.86. The van der Waals surface area contributed by atoms with Gasteiger partial charge < -0.3 is 4.74 Å². The van der Waals surface area contributed by atoms with Gasteiger partial charge in [0.2, 0.25) is 0 Å². The summed E-state index contributed by atoms with van der Waals surface area (Å²) in [7, 11) is 0. The van der Waals surface area contributed by atoms with Gasteiger partial charge in [0, 0.05) is 40.4 Å². The predicted molar refractivity (Wildman–Crippen MR) is 172 cm³/mol. The maximum Gasteiger partial charge on any atom is 0.137 e. The smallest absolute Gasteiger partial charge is 0.137 e. The van der Waals surface area contributed by atoms with Gasteiger partial charge in [-0.25, -0.2) is 18.4 Å². The second-order valence-electron chi connectivity index (χ2n) is 11.6. The minimum Gasteiger partial charge on any atom is -0.457 e. The molecular formula is C37H34F2N4O. The molecule has 3 aromatic heterocycles. The van der Waals surface area contributed by atoms with Gasteiger partial charge in [-0.2, -0.15) is 5.10 Å². The van der Waals surface area contributed by atoms with E-state index < -0.39 is 17.9 Å². The molecule has 3 heterocycles. The van der Waals surface area contributed by atoms with Gasteiger partial charge in [0.05, 0.1) is 28.3 Å². The predicted octanol–water partition coefficient (Wildman–Crippen LogP) is 9.79. The molecule has 0 radical (unpaired) electrons. The number of fused-ring (bicyclic) bond motifs is 3. The number of pyridine rings is 1. The normalized spacial score (nSPS) is 16.9. The van der Waals surface area contributed by atoms with E-state index in [1.807, 2.05) is 56.4 Å². The number of allylic oxidation sites excluding steroid dienone is 2. The van der Waals surface area contributed by atoms with Crippen LogP contribution in [0.5, 0.6) is 11.5 Å². The van der Waals surface area contributed by atoms with Crippen molar-refractivity contribution in [2.24, 2.45) is 0 Å². The lowest BCUT2D eigenvalue weighted by atomic mass is 9.85. The van der Waals surface area contributed by atoms with E-state index in [0.717, 1.165) is 51.8 Å². The summed E-state index contributed by atoms with van der Waals surface area (Å²) in [6.45, 7) is 5.86. The molecule has 0 fully saturated rings. The average molecular weight is 589 g/mol. The van der Waals surface area contributed by atoms with E-state index in [0.29, 0.717) is 35.6 Å². The first-order valence-electron chi connectivity index (χ1n) is 15.3. The number of ether oxygens (including phenoxy) is 1. The molecule has 2 atom stereocenters. The maximum atomic E-state index is 14.9. The van der Waals surface area contributed by atoms with E-state index in [9.17, 15) is 8.78 Å². The van der Waals surface area contributed by atoms with E-state index in [1.54, 1.807) is 4.68 Å². The Kier molecular flexibility index (Phi) is 7.24. The van der Waals surface area contributed by atoms with Crippen molar-refractivity contribution in [2.75, 3.05) is 0 Å². The van der Waals surface area contributed by atoms with Crippen molar-refractivity contribution in [3.63, 3.8) is 0 Å². The van der Waals surface area contributed by atoms with Crippen LogP contribution in [-0.4, -0.2) is 25.5 Å². The van der Waals surface area contributed by atoms with Crippen molar-refractivity contribution >= 4 is 21.8 Å². The molecular weight excluding hydrogens is 554 g/mol. The standard InChI is InChI=1S/C37H34F2N4O/c1-4-9-25-18-19-40-35(20-25)42-33-15-6-5-12-29(33)30-17-16-28(22-34(30)42)44-27-11-7-10-26(21-27)43-24(3)36(23(2)41-43)37-31(38)13-8-14-32(37)39/h5-7,10-13,15-22,32,37H,4,8-9,14H2,1-3H3/t32-,37+/m0/s1. The van der Waals surface area contributed by atoms with Crippen LogP contribution in [-0.2, 0) is 6.42 Å². The van der Waals surface area contributed by atoms with Crippen LogP contribution < -0.4 is 4.74 Å². The zero-order chi connectivity index (χ0) is 30.4. The van der Waals surface area contributed by atoms with Crippen LogP contribution in [0.1, 0.15) is 54.6 Å². The quantitative estimate of drug-likeness (QED) is 0.186. The molecule has 0 amide bonds. The largest absolute Gasteiger partial charge is 0.457 e. The van der Waals surface area contributed by atoms with Gasteiger partial charge in [-0.15, -0.1) is 0 Å². The first-order valence-corrected chi connectivity index (χ1v) is 15.3. The van der Waals surface area contributed by atoms with Crippen LogP contribution in [0.2, 0.25) is 0 Å². The summed E-state index contributed by atoms with van der Waals surface area (Å²) < 4.78 is 40.0. The van der Waals surface area contributed by atoms with Crippen LogP contribution >= 0.6 is 0 Å². The van der Waals surface area contributed by atoms with Gasteiger partial charge in [-0.1, -0.05) is 43.7 Å². The highest BCUT2D eigenvalue weighted by Crippen LogP contribution is 2.41. The fourth-order valence-electron chi connectivity index (χ4n) is 6.62. The monoisotopic (exact) mass is 588 g/mol. The molecule has 0 unspecified atom stereocenters. The summed E-state index contributed by atoms with van der Waals surface area (Å²) in [6.07, 6.45) is 4.91. The minimum atomic E-state index is -1.26. The lowest BCUT2D eigenvalue weighted by molar-refractivity contribution is 0.251. The summed E-state index contributed by atoms with van der Waals surface area (Å²) in [4.78, 5) is 4.75. The molecule has 7 heteroatoms. The zero-order valence-corrected chi connectivity index (χ0v) is 25.1. The van der Waals surface area contributed by atoms with E-state index in [4.69, 9.17) is 14.8 Å². The van der Waals surface area contributed by atoms with E-state index in [-0.39, 0.29) is 0 Å². The Morgan fingerprint density at radius 3 is 2.57 bits per heavy atom. The van der Waals surface area contributed by atoms with Crippen molar-refractivity contribution < 1.29 is 13.5 Å². The van der Waals surface area contributed by atoms with Crippen molar-refractivity contribution in [2.45, 2.75) is 58.5 Å². The number of para-hydroxylation sites is 1. The molecule has 0 saturated carbocycles. The molecule has 1 aliphatic rings. The number of alkyl halides is 1. The summed E-state index contributed by atoms with van der Waals surface area (Å²) in [5, 5.41) is 6.97. The Bertz CT molecular complexity index is 2040. The molecule has 0 bridgehead atoms. The molecule has 0 aliphatic heterocycles. The summed E-state index contributed by atoms with van der Waals surface area (Å²) in [5.41, 5.74) is 6.08. The second kappa shape index (κ2) is 11.4. The lowest BCUT2D eigenvalue weighted by Crippen LogP contribution is -2.19. The van der Waals surface area contributed by atoms with E-state index >= 15 is 0 Å². The molecule has 5 nitrogen and oxygen atoms in total. The summed E-state index contributed by atoms with van der Waals surface area (Å²) >= 11 is 0. The fraction of sp³-hybridized carbons (Fsp3) is 0.243. The average Bonchev–Trinajstić information content (AvgIpc) is 3.50. The van der Waals surface area contributed by atoms with Crippen molar-refractivity contribution in [1.29, 1.82) is 0 Å². The number of aromatic nitrogens is 4. The molecule has 3 aromatic carbocycles. The van der Waals surface area contributed by atoms with Crippen LogP contribution in [0.25, 0.3) is 33.3 Å². The SMILES string of the molecule is CCCc1ccnc(-n2c3ccccc3c3ccc(Oc4cccc(-n5nc(C)c([C@@H]6C(F)=CCC[C@@H]6F)c5C)c4)cc32)c1. The van der Waals surface area contributed by atoms with Gasteiger partial charge in [-0.3, -0.25) is 4.57 Å². The van der Waals surface area contributed by atoms with E-state index in [1.165, 1.54) is 11.6 Å². The highest BCUT2D eigenvalue weighted by molar-refractivity contribution is 6.09. The molecule has 1 aliphatic carbocycles. The first-order chi connectivity index (χ1) is 21.4. The molecule has 0 saturated heterocycles. The first kappa shape index (κ1) is 28.0. The third-order valence-electron chi connectivity index (χ3n) is 8.62. The molecule has 7 rings (SSSR count). The Hall–Kier alpha value is -4.78. The number of hydrogen-bond donors (Lipinski definition) is 0. The van der Waals surface area contributed by atoms with Crippen LogP contribution in [0.15, 0.2) is 97.0 Å². The van der Waals surface area contributed by atoms with Gasteiger partial charge in [-0.05, 0) is 81.1 Å². The number of hydrogen-bond acceptors (Lipinski definition) is 3. The molecule has 222 valence electrons. The Morgan fingerprint density at radius 1 is 0.909 bits per heavy atom.